The Balaban J connectivity index is 3.05. The van der Waals surface area contributed by atoms with Gasteiger partial charge in [-0.25, -0.2) is 8.42 Å². The Morgan fingerprint density at radius 2 is 1.88 bits per heavy atom. The first-order chi connectivity index (χ1) is 11.5. The second-order valence-electron chi connectivity index (χ2n) is 6.19. The number of nitro groups is 1. The van der Waals surface area contributed by atoms with Crippen molar-refractivity contribution in [2.45, 2.75) is 37.7 Å². The number of ether oxygens (including phenoxy) is 1. The van der Waals surface area contributed by atoms with E-state index >= 15 is 0 Å². The van der Waals surface area contributed by atoms with Crippen LogP contribution in [0.25, 0.3) is 0 Å². The van der Waals surface area contributed by atoms with E-state index in [1.807, 2.05) is 0 Å². The van der Waals surface area contributed by atoms with E-state index in [9.17, 15) is 23.3 Å². The monoisotopic (exact) mass is 374 g/mol. The molecule has 1 N–H and O–H groups in total. The first-order valence-corrected chi connectivity index (χ1v) is 8.99. The molecule has 9 nitrogen and oxygen atoms in total. The Bertz CT molecular complexity index is 726. The van der Waals surface area contributed by atoms with Gasteiger partial charge in [0, 0.05) is 19.2 Å². The van der Waals surface area contributed by atoms with Gasteiger partial charge in [-0.05, 0) is 26.8 Å². The number of aliphatic hydroxyl groups excluding tert-OH is 1. The van der Waals surface area contributed by atoms with E-state index in [1.54, 1.807) is 20.8 Å². The van der Waals surface area contributed by atoms with Crippen LogP contribution in [0.5, 0.6) is 0 Å². The summed E-state index contributed by atoms with van der Waals surface area (Å²) in [4.78, 5) is 21.6. The highest BCUT2D eigenvalue weighted by atomic mass is 32.2. The van der Waals surface area contributed by atoms with Gasteiger partial charge in [0.05, 0.1) is 18.0 Å². The average Bonchev–Trinajstić information content (AvgIpc) is 2.49. The molecule has 1 aromatic carbocycles. The normalized spacial score (nSPS) is 12.2. The van der Waals surface area contributed by atoms with E-state index in [0.717, 1.165) is 16.4 Å². The fraction of sp³-hybridized carbons (Fsp3) is 0.533. The summed E-state index contributed by atoms with van der Waals surface area (Å²) < 4.78 is 31.4. The molecule has 10 heteroatoms. The molecule has 0 aliphatic heterocycles. The number of aliphatic hydroxyl groups is 1. The molecular weight excluding hydrogens is 352 g/mol. The van der Waals surface area contributed by atoms with Crippen LogP contribution in [0.3, 0.4) is 0 Å². The van der Waals surface area contributed by atoms with Crippen LogP contribution in [-0.4, -0.2) is 54.0 Å². The van der Waals surface area contributed by atoms with Gasteiger partial charge in [-0.3, -0.25) is 14.9 Å². The van der Waals surface area contributed by atoms with Gasteiger partial charge >= 0.3 is 5.97 Å². The Kier molecular flexibility index (Phi) is 7.03. The van der Waals surface area contributed by atoms with E-state index in [4.69, 9.17) is 9.84 Å². The summed E-state index contributed by atoms with van der Waals surface area (Å²) in [5, 5.41) is 20.2. The number of nitro benzene ring substituents is 1. The van der Waals surface area contributed by atoms with Crippen molar-refractivity contribution in [3.63, 3.8) is 0 Å². The molecule has 0 atom stereocenters. The Morgan fingerprint density at radius 1 is 1.28 bits per heavy atom. The summed E-state index contributed by atoms with van der Waals surface area (Å²) in [5.41, 5.74) is -1.28. The predicted octanol–water partition coefficient (Wildman–Crippen LogP) is 1.31. The molecule has 0 saturated carbocycles. The topological polar surface area (TPSA) is 127 Å². The largest absolute Gasteiger partial charge is 0.460 e. The van der Waals surface area contributed by atoms with Crippen LogP contribution in [0.1, 0.15) is 27.2 Å². The van der Waals surface area contributed by atoms with Crippen molar-refractivity contribution in [2.75, 3.05) is 19.7 Å². The van der Waals surface area contributed by atoms with E-state index in [0.29, 0.717) is 0 Å². The molecule has 0 radical (unpaired) electrons. The van der Waals surface area contributed by atoms with Crippen molar-refractivity contribution in [3.8, 4) is 0 Å². The number of rotatable bonds is 8. The van der Waals surface area contributed by atoms with Gasteiger partial charge in [-0.2, -0.15) is 4.31 Å². The zero-order valence-electron chi connectivity index (χ0n) is 14.3. The van der Waals surface area contributed by atoms with Crippen molar-refractivity contribution < 1.29 is 28.0 Å². The number of sulfonamides is 1. The van der Waals surface area contributed by atoms with Gasteiger partial charge in [-0.1, -0.05) is 12.1 Å². The molecule has 0 spiro atoms. The molecule has 0 aliphatic carbocycles. The van der Waals surface area contributed by atoms with Gasteiger partial charge in [-0.15, -0.1) is 0 Å². The minimum Gasteiger partial charge on any atom is -0.460 e. The van der Waals surface area contributed by atoms with Crippen molar-refractivity contribution >= 4 is 21.7 Å². The van der Waals surface area contributed by atoms with Gasteiger partial charge in [0.15, 0.2) is 4.90 Å². The molecule has 1 aromatic rings. The lowest BCUT2D eigenvalue weighted by Gasteiger charge is -2.23. The number of nitrogens with zero attached hydrogens (tertiary/aromatic N) is 2. The molecule has 0 unspecified atom stereocenters. The van der Waals surface area contributed by atoms with Crippen molar-refractivity contribution in [1.29, 1.82) is 0 Å². The molecule has 0 bridgehead atoms. The third kappa shape index (κ3) is 6.07. The zero-order chi connectivity index (χ0) is 19.3. The number of esters is 1. The molecule has 0 saturated heterocycles. The summed E-state index contributed by atoms with van der Waals surface area (Å²) >= 11 is 0. The fourth-order valence-corrected chi connectivity index (χ4v) is 3.63. The molecule has 0 heterocycles. The standard InChI is InChI=1S/C15H22N2O7S/c1-15(2,3)24-14(19)8-9-16(10-11-18)25(22,23)13-7-5-4-6-12(13)17(20)21/h4-7,18H,8-11H2,1-3H3. The highest BCUT2D eigenvalue weighted by molar-refractivity contribution is 7.89. The molecule has 0 amide bonds. The van der Waals surface area contributed by atoms with Crippen LogP contribution >= 0.6 is 0 Å². The summed E-state index contributed by atoms with van der Waals surface area (Å²) in [6.45, 7) is 4.00. The first kappa shape index (κ1) is 21.0. The number of hydrogen-bond donors (Lipinski definition) is 1. The van der Waals surface area contributed by atoms with E-state index < -0.39 is 43.7 Å². The first-order valence-electron chi connectivity index (χ1n) is 7.55. The zero-order valence-corrected chi connectivity index (χ0v) is 15.2. The number of carbonyl (C=O) groups excluding carboxylic acids is 1. The van der Waals surface area contributed by atoms with Gasteiger partial charge in [0.2, 0.25) is 10.0 Å². The SMILES string of the molecule is CC(C)(C)OC(=O)CCN(CCO)S(=O)(=O)c1ccccc1[N+](=O)[O-]. The Morgan fingerprint density at radius 3 is 2.40 bits per heavy atom. The van der Waals surface area contributed by atoms with E-state index in [1.165, 1.54) is 12.1 Å². The number of hydrogen-bond acceptors (Lipinski definition) is 7. The maximum absolute atomic E-state index is 12.7. The van der Waals surface area contributed by atoms with Crippen LogP contribution in [0.15, 0.2) is 29.2 Å². The van der Waals surface area contributed by atoms with Gasteiger partial charge < -0.3 is 9.84 Å². The number of benzene rings is 1. The van der Waals surface area contributed by atoms with Crippen molar-refractivity contribution in [3.05, 3.63) is 34.4 Å². The number of carbonyl (C=O) groups is 1. The smallest absolute Gasteiger partial charge is 0.307 e. The summed E-state index contributed by atoms with van der Waals surface area (Å²) in [5.74, 6) is -0.604. The second-order valence-corrected chi connectivity index (χ2v) is 8.10. The van der Waals surface area contributed by atoms with Gasteiger partial charge in [0.1, 0.15) is 5.60 Å². The van der Waals surface area contributed by atoms with E-state index in [2.05, 4.69) is 0 Å². The predicted molar refractivity (Wildman–Crippen MR) is 89.4 cm³/mol. The third-order valence-corrected chi connectivity index (χ3v) is 4.96. The maximum Gasteiger partial charge on any atom is 0.307 e. The lowest BCUT2D eigenvalue weighted by atomic mass is 10.2. The van der Waals surface area contributed by atoms with Crippen molar-refractivity contribution in [2.24, 2.45) is 0 Å². The highest BCUT2D eigenvalue weighted by Crippen LogP contribution is 2.26. The van der Waals surface area contributed by atoms with Crippen LogP contribution in [0.4, 0.5) is 5.69 Å². The van der Waals surface area contributed by atoms with Crippen LogP contribution in [-0.2, 0) is 19.6 Å². The minimum atomic E-state index is -4.25. The second kappa shape index (κ2) is 8.37. The summed E-state index contributed by atoms with van der Waals surface area (Å²) in [6.07, 6.45) is -0.239. The summed E-state index contributed by atoms with van der Waals surface area (Å²) in [7, 11) is -4.25. The quantitative estimate of drug-likeness (QED) is 0.413. The van der Waals surface area contributed by atoms with E-state index in [-0.39, 0.29) is 19.5 Å². The lowest BCUT2D eigenvalue weighted by molar-refractivity contribution is -0.387. The maximum atomic E-state index is 12.7. The van der Waals surface area contributed by atoms with Crippen LogP contribution < -0.4 is 0 Å². The Labute approximate surface area is 146 Å². The lowest BCUT2D eigenvalue weighted by Crippen LogP contribution is -2.36. The molecule has 0 aliphatic rings. The molecule has 1 rings (SSSR count). The third-order valence-electron chi connectivity index (χ3n) is 3.01. The highest BCUT2D eigenvalue weighted by Gasteiger charge is 2.31. The molecule has 140 valence electrons. The van der Waals surface area contributed by atoms with Crippen molar-refractivity contribution in [1.82, 2.24) is 4.31 Å². The van der Waals surface area contributed by atoms with Crippen LogP contribution in [0.2, 0.25) is 0 Å². The van der Waals surface area contributed by atoms with Gasteiger partial charge in [0.25, 0.3) is 5.69 Å². The average molecular weight is 374 g/mol. The number of para-hydroxylation sites is 1. The van der Waals surface area contributed by atoms with Crippen LogP contribution in [0, 0.1) is 10.1 Å². The molecule has 25 heavy (non-hydrogen) atoms. The summed E-state index contributed by atoms with van der Waals surface area (Å²) in [6, 6.07) is 4.92. The minimum absolute atomic E-state index is 0.239. The fourth-order valence-electron chi connectivity index (χ4n) is 2.04. The molecule has 0 fully saturated rings. The Hall–Kier alpha value is -2.04. The molecule has 0 aromatic heterocycles. The molecular formula is C15H22N2O7S.